The van der Waals surface area contributed by atoms with E-state index in [0.29, 0.717) is 11.1 Å². The van der Waals surface area contributed by atoms with E-state index in [-0.39, 0.29) is 37.9 Å². The average Bonchev–Trinajstić information content (AvgIpc) is 2.45. The molecule has 0 aliphatic rings. The molecule has 0 aliphatic carbocycles. The molecule has 0 unspecified atom stereocenters. The Kier molecular flexibility index (Phi) is 9.05. The molecule has 0 saturated heterocycles. The molecule has 13 heteroatoms. The topological polar surface area (TPSA) is 166 Å². The van der Waals surface area contributed by atoms with Crippen LogP contribution in [0.25, 0.3) is 0 Å². The van der Waals surface area contributed by atoms with Gasteiger partial charge in [-0.05, 0) is 49.2 Å². The SMILES string of the molecule is Cc1cc(N)c(S(=O)(=O)[O-])cc1Cl.Cc1cc(N)c(S(=O)(=O)[O-])cc1Cl.[Ni+2]. The van der Waals surface area contributed by atoms with E-state index in [9.17, 15) is 25.9 Å². The van der Waals surface area contributed by atoms with Gasteiger partial charge in [0.05, 0.1) is 9.79 Å². The normalized spacial score (nSPS) is 11.2. The van der Waals surface area contributed by atoms with Gasteiger partial charge in [0.15, 0.2) is 0 Å². The zero-order valence-corrected chi connectivity index (χ0v) is 17.9. The summed E-state index contributed by atoms with van der Waals surface area (Å²) < 4.78 is 63.7. The van der Waals surface area contributed by atoms with Crippen molar-refractivity contribution in [1.82, 2.24) is 0 Å². The summed E-state index contributed by atoms with van der Waals surface area (Å²) in [4.78, 5) is -0.939. The first-order valence-electron chi connectivity index (χ1n) is 6.67. The van der Waals surface area contributed by atoms with Crippen LogP contribution in [0.2, 0.25) is 10.0 Å². The predicted molar refractivity (Wildman–Crippen MR) is 97.1 cm³/mol. The van der Waals surface area contributed by atoms with Gasteiger partial charge in [0.25, 0.3) is 0 Å². The molecule has 0 atom stereocenters. The number of hydrogen-bond acceptors (Lipinski definition) is 8. The van der Waals surface area contributed by atoms with Crippen LogP contribution in [0.4, 0.5) is 11.4 Å². The van der Waals surface area contributed by atoms with E-state index in [1.807, 2.05) is 0 Å². The maximum absolute atomic E-state index is 10.6. The van der Waals surface area contributed by atoms with Crippen LogP contribution in [0.5, 0.6) is 0 Å². The fraction of sp³-hybridized carbons (Fsp3) is 0.143. The summed E-state index contributed by atoms with van der Waals surface area (Å²) in [7, 11) is -9.06. The molecule has 0 aromatic heterocycles. The summed E-state index contributed by atoms with van der Waals surface area (Å²) in [5.41, 5.74) is 11.8. The third-order valence-corrected chi connectivity index (χ3v) is 5.72. The molecule has 0 amide bonds. The molecule has 0 aliphatic heterocycles. The smallest absolute Gasteiger partial charge is 0.744 e. The van der Waals surface area contributed by atoms with Crippen molar-refractivity contribution in [2.24, 2.45) is 0 Å². The first kappa shape index (κ1) is 25.9. The molecule has 4 N–H and O–H groups in total. The summed E-state index contributed by atoms with van der Waals surface area (Å²) in [5, 5.41) is 0.423. The zero-order valence-electron chi connectivity index (χ0n) is 13.8. The summed E-state index contributed by atoms with van der Waals surface area (Å²) in [6, 6.07) is 4.84. The van der Waals surface area contributed by atoms with Crippen LogP contribution < -0.4 is 11.5 Å². The van der Waals surface area contributed by atoms with Gasteiger partial charge < -0.3 is 20.6 Å². The van der Waals surface area contributed by atoms with Gasteiger partial charge in [-0.3, -0.25) is 0 Å². The van der Waals surface area contributed by atoms with Crippen LogP contribution in [-0.4, -0.2) is 25.9 Å². The second-order valence-corrected chi connectivity index (χ2v) is 8.70. The van der Waals surface area contributed by atoms with Gasteiger partial charge in [-0.15, -0.1) is 0 Å². The molecular weight excluding hydrogens is 486 g/mol. The standard InChI is InChI=1S/2C7H8ClNO3S.Ni/c2*1-4-2-6(9)7(3-5(4)8)13(10,11)12;/h2*2-3H,9H2,1H3,(H,10,11,12);/q;;+2/p-2. The van der Waals surface area contributed by atoms with Crippen LogP contribution in [0.1, 0.15) is 11.1 Å². The van der Waals surface area contributed by atoms with E-state index in [1.165, 1.54) is 12.1 Å². The molecule has 0 spiro atoms. The molecule has 2 aromatic carbocycles. The van der Waals surface area contributed by atoms with E-state index >= 15 is 0 Å². The van der Waals surface area contributed by atoms with E-state index in [1.54, 1.807) is 13.8 Å². The number of hydrogen-bond donors (Lipinski definition) is 2. The summed E-state index contributed by atoms with van der Waals surface area (Å²) in [6.45, 7) is 3.33. The molecule has 27 heavy (non-hydrogen) atoms. The first-order chi connectivity index (χ1) is 11.6. The van der Waals surface area contributed by atoms with Gasteiger partial charge in [-0.25, -0.2) is 16.8 Å². The van der Waals surface area contributed by atoms with Gasteiger partial charge in [0.1, 0.15) is 20.2 Å². The number of benzene rings is 2. The Balaban J connectivity index is 0.000000483. The van der Waals surface area contributed by atoms with Crippen LogP contribution in [0.15, 0.2) is 34.1 Å². The quantitative estimate of drug-likeness (QED) is 0.360. The number of nitrogens with two attached hydrogens (primary N) is 2. The monoisotopic (exact) mass is 498 g/mol. The Bertz CT molecular complexity index is 974. The predicted octanol–water partition coefficient (Wildman–Crippen LogP) is 2.27. The number of rotatable bonds is 2. The number of aryl methyl sites for hydroxylation is 2. The van der Waals surface area contributed by atoms with Gasteiger partial charge in [0, 0.05) is 21.4 Å². The number of halogens is 2. The van der Waals surface area contributed by atoms with Crippen molar-refractivity contribution in [2.75, 3.05) is 11.5 Å². The fourth-order valence-electron chi connectivity index (χ4n) is 1.80. The summed E-state index contributed by atoms with van der Waals surface area (Å²) in [5.74, 6) is 0. The van der Waals surface area contributed by atoms with Crippen molar-refractivity contribution >= 4 is 54.8 Å². The van der Waals surface area contributed by atoms with Crippen molar-refractivity contribution in [2.45, 2.75) is 23.6 Å². The van der Waals surface area contributed by atoms with Crippen molar-refractivity contribution in [3.63, 3.8) is 0 Å². The van der Waals surface area contributed by atoms with Crippen LogP contribution >= 0.6 is 23.2 Å². The largest absolute Gasteiger partial charge is 2.00 e. The molecular formula is C14H14Cl2N2NiO6S2. The van der Waals surface area contributed by atoms with Crippen LogP contribution in [0, 0.1) is 13.8 Å². The minimum atomic E-state index is -4.53. The summed E-state index contributed by atoms with van der Waals surface area (Å²) in [6.07, 6.45) is 0. The van der Waals surface area contributed by atoms with E-state index in [4.69, 9.17) is 34.7 Å². The Morgan fingerprint density at radius 1 is 0.741 bits per heavy atom. The van der Waals surface area contributed by atoms with Crippen LogP contribution in [0.3, 0.4) is 0 Å². The molecule has 0 radical (unpaired) electrons. The second kappa shape index (κ2) is 9.42. The zero-order chi connectivity index (χ0) is 20.4. The minimum absolute atomic E-state index is 0. The Morgan fingerprint density at radius 3 is 1.22 bits per heavy atom. The molecule has 2 aromatic rings. The van der Waals surface area contributed by atoms with Crippen molar-refractivity contribution in [3.05, 3.63) is 45.4 Å². The Morgan fingerprint density at radius 2 is 1.00 bits per heavy atom. The van der Waals surface area contributed by atoms with Gasteiger partial charge >= 0.3 is 16.5 Å². The fourth-order valence-corrected chi connectivity index (χ4v) is 3.48. The maximum Gasteiger partial charge on any atom is 2.00 e. The van der Waals surface area contributed by atoms with E-state index in [2.05, 4.69) is 0 Å². The Labute approximate surface area is 177 Å². The molecule has 0 fully saturated rings. The Hall–Kier alpha value is -1.07. The number of nitrogen functional groups attached to an aromatic ring is 2. The van der Waals surface area contributed by atoms with Gasteiger partial charge in [0.2, 0.25) is 0 Å². The van der Waals surface area contributed by atoms with Crippen molar-refractivity contribution in [1.29, 1.82) is 0 Å². The third-order valence-electron chi connectivity index (χ3n) is 3.12. The van der Waals surface area contributed by atoms with Crippen molar-refractivity contribution in [3.8, 4) is 0 Å². The number of anilines is 2. The molecule has 2 rings (SSSR count). The third kappa shape index (κ3) is 7.11. The molecule has 152 valence electrons. The van der Waals surface area contributed by atoms with Gasteiger partial charge in [-0.2, -0.15) is 0 Å². The summed E-state index contributed by atoms with van der Waals surface area (Å²) >= 11 is 11.3. The van der Waals surface area contributed by atoms with Crippen LogP contribution in [-0.2, 0) is 36.7 Å². The van der Waals surface area contributed by atoms with Gasteiger partial charge in [-0.1, -0.05) is 23.2 Å². The second-order valence-electron chi connectivity index (χ2n) is 5.19. The minimum Gasteiger partial charge on any atom is -0.744 e. The average molecular weight is 500 g/mol. The maximum atomic E-state index is 10.6. The first-order valence-corrected chi connectivity index (χ1v) is 10.2. The molecule has 0 bridgehead atoms. The molecule has 0 saturated carbocycles. The molecule has 8 nitrogen and oxygen atoms in total. The van der Waals surface area contributed by atoms with Crippen molar-refractivity contribution < 1.29 is 42.4 Å². The molecule has 0 heterocycles. The van der Waals surface area contributed by atoms with E-state index in [0.717, 1.165) is 12.1 Å². The van der Waals surface area contributed by atoms with E-state index < -0.39 is 30.0 Å².